The van der Waals surface area contributed by atoms with Crippen LogP contribution in [0.2, 0.25) is 0 Å². The zero-order valence-electron chi connectivity index (χ0n) is 12.7. The molecule has 1 amide bonds. The molecule has 1 fully saturated rings. The fraction of sp³-hybridized carbons (Fsp3) is 0.562. The van der Waals surface area contributed by atoms with Crippen LogP contribution in [0.5, 0.6) is 0 Å². The molecule has 3 N–H and O–H groups in total. The number of nitrogens with zero attached hydrogens (tertiary/aromatic N) is 1. The quantitative estimate of drug-likeness (QED) is 0.785. The van der Waals surface area contributed by atoms with Gasteiger partial charge in [0.05, 0.1) is 5.92 Å². The van der Waals surface area contributed by atoms with E-state index >= 15 is 0 Å². The second kappa shape index (κ2) is 8.41. The van der Waals surface area contributed by atoms with Crippen molar-refractivity contribution >= 4 is 17.7 Å². The number of likely N-dealkylation sites (tertiary alicyclic amines) is 1. The molecule has 1 saturated heterocycles. The summed E-state index contributed by atoms with van der Waals surface area (Å²) in [5, 5.41) is 2.91. The number of thioether (sulfide) groups is 1. The zero-order chi connectivity index (χ0) is 15.1. The molecule has 1 unspecified atom stereocenters. The molecule has 0 aliphatic carbocycles. The lowest BCUT2D eigenvalue weighted by atomic mass is 9.96. The maximum absolute atomic E-state index is 12.0. The van der Waals surface area contributed by atoms with E-state index in [4.69, 9.17) is 5.73 Å². The lowest BCUT2D eigenvalue weighted by Gasteiger charge is -2.32. The van der Waals surface area contributed by atoms with Gasteiger partial charge in [-0.2, -0.15) is 0 Å². The van der Waals surface area contributed by atoms with Gasteiger partial charge in [-0.3, -0.25) is 9.69 Å². The number of carbonyl (C=O) groups excluding carboxylic acids is 1. The Morgan fingerprint density at radius 2 is 2.19 bits per heavy atom. The van der Waals surface area contributed by atoms with Crippen LogP contribution in [0.15, 0.2) is 29.2 Å². The first kappa shape index (κ1) is 16.3. The van der Waals surface area contributed by atoms with E-state index in [-0.39, 0.29) is 11.8 Å². The minimum Gasteiger partial charge on any atom is -0.355 e. The molecule has 1 aromatic carbocycles. The summed E-state index contributed by atoms with van der Waals surface area (Å²) in [7, 11) is 0. The van der Waals surface area contributed by atoms with Crippen LogP contribution in [-0.2, 0) is 11.3 Å². The average Bonchev–Trinajstić information content (AvgIpc) is 2.53. The van der Waals surface area contributed by atoms with Gasteiger partial charge in [-0.15, -0.1) is 11.8 Å². The highest BCUT2D eigenvalue weighted by atomic mass is 32.2. The minimum absolute atomic E-state index is 0.107. The first-order valence-corrected chi connectivity index (χ1v) is 8.78. The summed E-state index contributed by atoms with van der Waals surface area (Å²) < 4.78 is 0. The monoisotopic (exact) mass is 307 g/mol. The molecule has 1 aliphatic heterocycles. The van der Waals surface area contributed by atoms with Crippen LogP contribution < -0.4 is 11.1 Å². The molecule has 0 bridgehead atoms. The molecule has 4 nitrogen and oxygen atoms in total. The molecule has 1 atom stereocenters. The van der Waals surface area contributed by atoms with Crippen LogP contribution in [0, 0.1) is 5.92 Å². The molecular weight excluding hydrogens is 282 g/mol. The van der Waals surface area contributed by atoms with Gasteiger partial charge < -0.3 is 11.1 Å². The van der Waals surface area contributed by atoms with Crippen LogP contribution in [0.1, 0.15) is 18.4 Å². The number of benzene rings is 1. The Balaban J connectivity index is 1.86. The second-order valence-corrected chi connectivity index (χ2v) is 6.38. The highest BCUT2D eigenvalue weighted by Gasteiger charge is 2.25. The Morgan fingerprint density at radius 1 is 1.43 bits per heavy atom. The van der Waals surface area contributed by atoms with Crippen LogP contribution >= 0.6 is 11.8 Å². The lowest BCUT2D eigenvalue weighted by molar-refractivity contribution is -0.126. The number of hydrogen-bond acceptors (Lipinski definition) is 4. The molecule has 0 aromatic heterocycles. The Labute approximate surface area is 131 Å². The number of rotatable bonds is 6. The van der Waals surface area contributed by atoms with Gasteiger partial charge in [0.2, 0.25) is 5.91 Å². The fourth-order valence-electron chi connectivity index (χ4n) is 2.74. The molecule has 21 heavy (non-hydrogen) atoms. The first-order chi connectivity index (χ1) is 10.2. The van der Waals surface area contributed by atoms with Gasteiger partial charge >= 0.3 is 0 Å². The van der Waals surface area contributed by atoms with E-state index in [0.29, 0.717) is 13.1 Å². The molecule has 1 aromatic rings. The summed E-state index contributed by atoms with van der Waals surface area (Å²) in [6.45, 7) is 3.93. The molecule has 1 heterocycles. The number of hydrogen-bond donors (Lipinski definition) is 2. The Hall–Kier alpha value is -1.04. The molecule has 0 saturated carbocycles. The highest BCUT2D eigenvalue weighted by Crippen LogP contribution is 2.20. The van der Waals surface area contributed by atoms with Crippen molar-refractivity contribution in [2.45, 2.75) is 24.3 Å². The third kappa shape index (κ3) is 5.02. The maximum Gasteiger partial charge on any atom is 0.224 e. The predicted octanol–water partition coefficient (Wildman–Crippen LogP) is 1.70. The largest absolute Gasteiger partial charge is 0.355 e. The smallest absolute Gasteiger partial charge is 0.224 e. The van der Waals surface area contributed by atoms with Gasteiger partial charge in [0, 0.05) is 31.1 Å². The molecule has 0 radical (unpaired) electrons. The zero-order valence-corrected chi connectivity index (χ0v) is 13.5. The predicted molar refractivity (Wildman–Crippen MR) is 88.3 cm³/mol. The van der Waals surface area contributed by atoms with Gasteiger partial charge in [-0.1, -0.05) is 12.1 Å². The van der Waals surface area contributed by atoms with E-state index in [2.05, 4.69) is 40.7 Å². The summed E-state index contributed by atoms with van der Waals surface area (Å²) in [5.74, 6) is 0.263. The van der Waals surface area contributed by atoms with Crippen molar-refractivity contribution in [3.63, 3.8) is 0 Å². The van der Waals surface area contributed by atoms with Gasteiger partial charge in [0.25, 0.3) is 0 Å². The molecule has 2 rings (SSSR count). The number of nitrogens with two attached hydrogens (primary N) is 1. The van der Waals surface area contributed by atoms with Crippen LogP contribution in [0.3, 0.4) is 0 Å². The number of carbonyl (C=O) groups is 1. The van der Waals surface area contributed by atoms with E-state index in [1.54, 1.807) is 11.8 Å². The topological polar surface area (TPSA) is 58.4 Å². The minimum atomic E-state index is 0.107. The van der Waals surface area contributed by atoms with Crippen LogP contribution in [0.4, 0.5) is 0 Å². The first-order valence-electron chi connectivity index (χ1n) is 7.56. The fourth-order valence-corrected chi connectivity index (χ4v) is 3.15. The third-order valence-corrected chi connectivity index (χ3v) is 4.63. The standard InChI is InChI=1S/C16H25N3OS/c1-21-15-6-4-13(5-7-15)11-19-10-2-3-14(12-19)16(20)18-9-8-17/h4-7,14H,2-3,8-12,17H2,1H3,(H,18,20). The average molecular weight is 307 g/mol. The van der Waals surface area contributed by atoms with Gasteiger partial charge in [-0.25, -0.2) is 0 Å². The van der Waals surface area contributed by atoms with E-state index in [0.717, 1.165) is 32.5 Å². The van der Waals surface area contributed by atoms with E-state index < -0.39 is 0 Å². The summed E-state index contributed by atoms with van der Waals surface area (Å²) in [5.41, 5.74) is 6.75. The van der Waals surface area contributed by atoms with Gasteiger partial charge in [-0.05, 0) is 43.3 Å². The molecular formula is C16H25N3OS. The highest BCUT2D eigenvalue weighted by molar-refractivity contribution is 7.98. The normalized spacial score (nSPS) is 19.4. The van der Waals surface area contributed by atoms with Crippen molar-refractivity contribution in [1.29, 1.82) is 0 Å². The summed E-state index contributed by atoms with van der Waals surface area (Å²) in [6, 6.07) is 8.69. The Bertz CT molecular complexity index is 449. The van der Waals surface area contributed by atoms with Crippen LogP contribution in [-0.4, -0.2) is 43.2 Å². The molecule has 116 valence electrons. The van der Waals surface area contributed by atoms with Gasteiger partial charge in [0.15, 0.2) is 0 Å². The van der Waals surface area contributed by atoms with Crippen LogP contribution in [0.25, 0.3) is 0 Å². The molecule has 0 spiro atoms. The number of amides is 1. The molecule has 1 aliphatic rings. The Morgan fingerprint density at radius 3 is 2.86 bits per heavy atom. The van der Waals surface area contributed by atoms with E-state index in [1.807, 2.05) is 0 Å². The third-order valence-electron chi connectivity index (χ3n) is 3.89. The maximum atomic E-state index is 12.0. The van der Waals surface area contributed by atoms with Crippen molar-refractivity contribution in [2.75, 3.05) is 32.4 Å². The van der Waals surface area contributed by atoms with Gasteiger partial charge in [0.1, 0.15) is 0 Å². The second-order valence-electron chi connectivity index (χ2n) is 5.50. The van der Waals surface area contributed by atoms with E-state index in [9.17, 15) is 4.79 Å². The van der Waals surface area contributed by atoms with Crippen molar-refractivity contribution in [2.24, 2.45) is 11.7 Å². The summed E-state index contributed by atoms with van der Waals surface area (Å²) >= 11 is 1.76. The summed E-state index contributed by atoms with van der Waals surface area (Å²) in [6.07, 6.45) is 4.16. The van der Waals surface area contributed by atoms with E-state index in [1.165, 1.54) is 10.5 Å². The Kier molecular flexibility index (Phi) is 6.54. The SMILES string of the molecule is CSc1ccc(CN2CCCC(C(=O)NCCN)C2)cc1. The lowest BCUT2D eigenvalue weighted by Crippen LogP contribution is -2.43. The van der Waals surface area contributed by atoms with Crippen molar-refractivity contribution in [1.82, 2.24) is 10.2 Å². The summed E-state index contributed by atoms with van der Waals surface area (Å²) in [4.78, 5) is 15.7. The number of nitrogens with one attached hydrogen (secondary N) is 1. The van der Waals surface area contributed by atoms with Crippen molar-refractivity contribution in [3.05, 3.63) is 29.8 Å². The molecule has 5 heteroatoms. The number of piperidine rings is 1. The van der Waals surface area contributed by atoms with Crippen molar-refractivity contribution < 1.29 is 4.79 Å². The van der Waals surface area contributed by atoms with Crippen molar-refractivity contribution in [3.8, 4) is 0 Å².